The summed E-state index contributed by atoms with van der Waals surface area (Å²) in [4.78, 5) is 12.2. The monoisotopic (exact) mass is 271 g/mol. The molecule has 5 nitrogen and oxygen atoms in total. The molecule has 5 heteroatoms. The highest BCUT2D eigenvalue weighted by Gasteiger charge is 2.25. The van der Waals surface area contributed by atoms with Crippen molar-refractivity contribution < 1.29 is 9.53 Å². The van der Waals surface area contributed by atoms with Crippen LogP contribution in [-0.4, -0.2) is 28.4 Å². The molecule has 0 radical (unpaired) electrons. The minimum Gasteiger partial charge on any atom is -0.368 e. The van der Waals surface area contributed by atoms with Crippen LogP contribution in [0.15, 0.2) is 36.5 Å². The SMILES string of the molecule is Cn1ncc(-c2ccccc2)c1NC(=O)C1CCCO1. The molecule has 1 N–H and O–H groups in total. The number of anilines is 1. The number of rotatable bonds is 3. The number of benzene rings is 1. The van der Waals surface area contributed by atoms with Gasteiger partial charge in [-0.25, -0.2) is 0 Å². The first-order chi connectivity index (χ1) is 9.75. The van der Waals surface area contributed by atoms with E-state index >= 15 is 0 Å². The maximum atomic E-state index is 12.2. The van der Waals surface area contributed by atoms with E-state index in [-0.39, 0.29) is 12.0 Å². The summed E-state index contributed by atoms with van der Waals surface area (Å²) in [6, 6.07) is 9.89. The van der Waals surface area contributed by atoms with Crippen molar-refractivity contribution in [3.8, 4) is 11.1 Å². The average molecular weight is 271 g/mol. The number of ether oxygens (including phenoxy) is 1. The van der Waals surface area contributed by atoms with Crippen LogP contribution in [0.5, 0.6) is 0 Å². The van der Waals surface area contributed by atoms with E-state index in [1.54, 1.807) is 10.9 Å². The molecule has 1 unspecified atom stereocenters. The van der Waals surface area contributed by atoms with Gasteiger partial charge >= 0.3 is 0 Å². The molecule has 2 heterocycles. The zero-order valence-corrected chi connectivity index (χ0v) is 11.4. The van der Waals surface area contributed by atoms with Crippen LogP contribution in [0.3, 0.4) is 0 Å². The lowest BCUT2D eigenvalue weighted by molar-refractivity contribution is -0.124. The predicted molar refractivity (Wildman–Crippen MR) is 76.2 cm³/mol. The number of amides is 1. The van der Waals surface area contributed by atoms with Gasteiger partial charge in [0.2, 0.25) is 0 Å². The third kappa shape index (κ3) is 2.44. The summed E-state index contributed by atoms with van der Waals surface area (Å²) in [6.45, 7) is 0.662. The van der Waals surface area contributed by atoms with E-state index in [0.717, 1.165) is 24.0 Å². The fourth-order valence-corrected chi connectivity index (χ4v) is 2.40. The molecule has 104 valence electrons. The van der Waals surface area contributed by atoms with Crippen molar-refractivity contribution in [2.24, 2.45) is 7.05 Å². The van der Waals surface area contributed by atoms with Gasteiger partial charge in [-0.15, -0.1) is 0 Å². The van der Waals surface area contributed by atoms with Gasteiger partial charge in [-0.3, -0.25) is 9.48 Å². The van der Waals surface area contributed by atoms with Gasteiger partial charge in [0.25, 0.3) is 5.91 Å². The maximum Gasteiger partial charge on any atom is 0.254 e. The second-order valence-corrected chi connectivity index (χ2v) is 4.89. The Bertz CT molecular complexity index is 601. The second kappa shape index (κ2) is 5.46. The molecular weight excluding hydrogens is 254 g/mol. The molecular formula is C15H17N3O2. The summed E-state index contributed by atoms with van der Waals surface area (Å²) < 4.78 is 7.08. The molecule has 1 fully saturated rings. The lowest BCUT2D eigenvalue weighted by atomic mass is 10.1. The lowest BCUT2D eigenvalue weighted by Crippen LogP contribution is -2.28. The highest BCUT2D eigenvalue weighted by atomic mass is 16.5. The molecule has 0 saturated carbocycles. The third-order valence-electron chi connectivity index (χ3n) is 3.49. The number of carbonyl (C=O) groups excluding carboxylic acids is 1. The molecule has 0 aliphatic carbocycles. The molecule has 20 heavy (non-hydrogen) atoms. The van der Waals surface area contributed by atoms with Crippen LogP contribution >= 0.6 is 0 Å². The fraction of sp³-hybridized carbons (Fsp3) is 0.333. The topological polar surface area (TPSA) is 56.2 Å². The van der Waals surface area contributed by atoms with Gasteiger partial charge in [-0.05, 0) is 18.4 Å². The van der Waals surface area contributed by atoms with Crippen LogP contribution in [0.1, 0.15) is 12.8 Å². The number of carbonyl (C=O) groups is 1. The normalized spacial score (nSPS) is 18.1. The summed E-state index contributed by atoms with van der Waals surface area (Å²) in [5.41, 5.74) is 1.95. The molecule has 1 atom stereocenters. The summed E-state index contributed by atoms with van der Waals surface area (Å²) in [7, 11) is 1.82. The van der Waals surface area contributed by atoms with Gasteiger partial charge in [-0.1, -0.05) is 30.3 Å². The summed E-state index contributed by atoms with van der Waals surface area (Å²) >= 11 is 0. The molecule has 1 aliphatic rings. The Morgan fingerprint density at radius 1 is 1.40 bits per heavy atom. The van der Waals surface area contributed by atoms with Gasteiger partial charge in [0.15, 0.2) is 0 Å². The van der Waals surface area contributed by atoms with E-state index in [0.29, 0.717) is 12.4 Å². The number of nitrogens with zero attached hydrogens (tertiary/aromatic N) is 2. The molecule has 1 saturated heterocycles. The number of hydrogen-bond acceptors (Lipinski definition) is 3. The molecule has 0 spiro atoms. The molecule has 1 aromatic heterocycles. The Morgan fingerprint density at radius 3 is 2.90 bits per heavy atom. The molecule has 1 aliphatic heterocycles. The van der Waals surface area contributed by atoms with Gasteiger partial charge < -0.3 is 10.1 Å². The zero-order valence-electron chi connectivity index (χ0n) is 11.4. The van der Waals surface area contributed by atoms with Crippen molar-refractivity contribution in [1.82, 2.24) is 9.78 Å². The first kappa shape index (κ1) is 12.9. The van der Waals surface area contributed by atoms with Crippen molar-refractivity contribution in [3.05, 3.63) is 36.5 Å². The van der Waals surface area contributed by atoms with Gasteiger partial charge in [-0.2, -0.15) is 5.10 Å². The largest absolute Gasteiger partial charge is 0.368 e. The van der Waals surface area contributed by atoms with Crippen LogP contribution in [0, 0.1) is 0 Å². The van der Waals surface area contributed by atoms with Crippen LogP contribution in [0.4, 0.5) is 5.82 Å². The Morgan fingerprint density at radius 2 is 2.20 bits per heavy atom. The lowest BCUT2D eigenvalue weighted by Gasteiger charge is -2.12. The average Bonchev–Trinajstić information content (AvgIpc) is 3.11. The quantitative estimate of drug-likeness (QED) is 0.931. The number of aryl methyl sites for hydroxylation is 1. The van der Waals surface area contributed by atoms with E-state index in [1.165, 1.54) is 0 Å². The second-order valence-electron chi connectivity index (χ2n) is 4.89. The fourth-order valence-electron chi connectivity index (χ4n) is 2.40. The van der Waals surface area contributed by atoms with Crippen molar-refractivity contribution in [2.45, 2.75) is 18.9 Å². The smallest absolute Gasteiger partial charge is 0.254 e. The summed E-state index contributed by atoms with van der Waals surface area (Å²) in [5, 5.41) is 7.17. The summed E-state index contributed by atoms with van der Waals surface area (Å²) in [6.07, 6.45) is 3.15. The number of hydrogen-bond donors (Lipinski definition) is 1. The zero-order chi connectivity index (χ0) is 13.9. The van der Waals surface area contributed by atoms with Crippen molar-refractivity contribution in [2.75, 3.05) is 11.9 Å². The first-order valence-corrected chi connectivity index (χ1v) is 6.75. The third-order valence-corrected chi connectivity index (χ3v) is 3.49. The van der Waals surface area contributed by atoms with Crippen LogP contribution in [-0.2, 0) is 16.6 Å². The van der Waals surface area contributed by atoms with E-state index in [4.69, 9.17) is 4.74 Å². The Kier molecular flexibility index (Phi) is 3.52. The molecule has 0 bridgehead atoms. The molecule has 1 aromatic carbocycles. The van der Waals surface area contributed by atoms with E-state index < -0.39 is 0 Å². The number of aromatic nitrogens is 2. The van der Waals surface area contributed by atoms with Crippen molar-refractivity contribution >= 4 is 11.7 Å². The molecule has 2 aromatic rings. The summed E-state index contributed by atoms with van der Waals surface area (Å²) in [5.74, 6) is 0.611. The minimum absolute atomic E-state index is 0.0942. The Labute approximate surface area is 117 Å². The van der Waals surface area contributed by atoms with Gasteiger partial charge in [0, 0.05) is 19.2 Å². The van der Waals surface area contributed by atoms with Gasteiger partial charge in [0.05, 0.1) is 6.20 Å². The van der Waals surface area contributed by atoms with E-state index in [1.807, 2.05) is 37.4 Å². The standard InChI is InChI=1S/C15H17N3O2/c1-18-14(17-15(19)13-8-5-9-20-13)12(10-16-18)11-6-3-2-4-7-11/h2-4,6-7,10,13H,5,8-9H2,1H3,(H,17,19). The van der Waals surface area contributed by atoms with Crippen LogP contribution in [0.25, 0.3) is 11.1 Å². The minimum atomic E-state index is -0.339. The maximum absolute atomic E-state index is 12.2. The van der Waals surface area contributed by atoms with Crippen molar-refractivity contribution in [3.63, 3.8) is 0 Å². The Hall–Kier alpha value is -2.14. The highest BCUT2D eigenvalue weighted by molar-refractivity contribution is 5.97. The predicted octanol–water partition coefficient (Wildman–Crippen LogP) is 2.20. The van der Waals surface area contributed by atoms with Crippen LogP contribution in [0.2, 0.25) is 0 Å². The van der Waals surface area contributed by atoms with Crippen LogP contribution < -0.4 is 5.32 Å². The first-order valence-electron chi connectivity index (χ1n) is 6.75. The molecule has 1 amide bonds. The highest BCUT2D eigenvalue weighted by Crippen LogP contribution is 2.27. The van der Waals surface area contributed by atoms with E-state index in [2.05, 4.69) is 10.4 Å². The molecule has 3 rings (SSSR count). The van der Waals surface area contributed by atoms with Gasteiger partial charge in [0.1, 0.15) is 11.9 Å². The van der Waals surface area contributed by atoms with E-state index in [9.17, 15) is 4.79 Å². The number of nitrogens with one attached hydrogen (secondary N) is 1. The van der Waals surface area contributed by atoms with Crippen molar-refractivity contribution in [1.29, 1.82) is 0 Å². The Balaban J connectivity index is 1.86.